The Morgan fingerprint density at radius 1 is 0.190 bits per heavy atom. The minimum Gasteiger partial charge on any atom is -0.375 e. The van der Waals surface area contributed by atoms with E-state index >= 15 is 0 Å². The molecule has 9 saturated heterocycles. The fourth-order valence-electron chi connectivity index (χ4n) is 11.2. The van der Waals surface area contributed by atoms with Crippen molar-refractivity contribution in [3.8, 4) is 0 Å². The average Bonchev–Trinajstić information content (AvgIpc) is 3.09. The molecule has 0 spiro atoms. The molecule has 9 fully saturated rings. The predicted molar refractivity (Wildman–Crippen MR) is 303 cm³/mol. The molecular weight excluding hydrogens is 1400 g/mol. The summed E-state index contributed by atoms with van der Waals surface area (Å²) in [5.74, 6) is 0. The molecule has 32 nitrogen and oxygen atoms in total. The van der Waals surface area contributed by atoms with Gasteiger partial charge in [0.2, 0.25) is 0 Å². The summed E-state index contributed by atoms with van der Waals surface area (Å²) in [4.78, 5) is 0. The smallest absolute Gasteiger partial charge is 0.375 e. The van der Waals surface area contributed by atoms with Gasteiger partial charge in [0.15, 0.2) is 0 Å². The van der Waals surface area contributed by atoms with Crippen molar-refractivity contribution in [2.45, 2.75) is 152 Å². The minimum atomic E-state index is -4.36. The lowest BCUT2D eigenvalue weighted by atomic mass is 10.9. The van der Waals surface area contributed by atoms with E-state index in [0.29, 0.717) is 0 Å². The quantitative estimate of drug-likeness (QED) is 0.314. The van der Waals surface area contributed by atoms with Crippen molar-refractivity contribution >= 4 is 177 Å². The lowest BCUT2D eigenvalue weighted by Crippen LogP contribution is -2.83. The van der Waals surface area contributed by atoms with Crippen LogP contribution in [-0.4, -0.2) is 203 Å². The maximum Gasteiger partial charge on any atom is 0.553 e. The van der Waals surface area contributed by atoms with E-state index in [1.807, 2.05) is 27.7 Å². The summed E-state index contributed by atoms with van der Waals surface area (Å²) in [5, 5.41) is 0. The summed E-state index contributed by atoms with van der Waals surface area (Å²) in [6.45, 7) is 39.7. The Kier molecular flexibility index (Phi) is 18.0. The molecule has 79 heavy (non-hydrogen) atoms. The zero-order valence-corrected chi connectivity index (χ0v) is 68.9. The van der Waals surface area contributed by atoms with Crippen LogP contribution in [0.1, 0.15) is 27.7 Å². The van der Waals surface area contributed by atoms with Crippen LogP contribution < -0.4 is 0 Å². The molecule has 0 amide bonds. The van der Waals surface area contributed by atoms with Crippen molar-refractivity contribution < 1.29 is 133 Å². The number of rotatable bonds is 8. The van der Waals surface area contributed by atoms with Crippen molar-refractivity contribution in [1.82, 2.24) is 0 Å². The van der Waals surface area contributed by atoms with Crippen LogP contribution in [0, 0.1) is 0 Å². The van der Waals surface area contributed by atoms with Crippen LogP contribution in [0.2, 0.25) is 124 Å². The summed E-state index contributed by atoms with van der Waals surface area (Å²) < 4.78 is 220. The highest BCUT2D eigenvalue weighted by atomic mass is 28.6. The van der Waals surface area contributed by atoms with Crippen molar-refractivity contribution in [2.24, 2.45) is 0 Å². The molecule has 0 aromatic carbocycles. The van der Waals surface area contributed by atoms with Gasteiger partial charge in [0, 0.05) is 151 Å². The molecule has 9 aliphatic heterocycles. The molecule has 0 aliphatic carbocycles. The monoisotopic (exact) mass is 1470 g/mol. The predicted octanol–water partition coefficient (Wildman–Crippen LogP) is 3.51. The van der Waals surface area contributed by atoms with Gasteiger partial charge in [-0.1, -0.05) is 0 Å². The molecule has 19 atom stereocenters. The van der Waals surface area contributed by atoms with Crippen molar-refractivity contribution in [1.29, 1.82) is 0 Å². The van der Waals surface area contributed by atoms with Crippen LogP contribution >= 0.6 is 0 Å². The second-order valence-corrected chi connectivity index (χ2v) is 78.5. The molecular formula is C27H77O32Si20. The Morgan fingerprint density at radius 2 is 0.316 bits per heavy atom. The fourth-order valence-corrected chi connectivity index (χ4v) is 114. The third-order valence-corrected chi connectivity index (χ3v) is 95.6. The zero-order valence-electron chi connectivity index (χ0n) is 48.9. The highest BCUT2D eigenvalue weighted by Crippen LogP contribution is 2.49. The van der Waals surface area contributed by atoms with Gasteiger partial charge in [-0.3, -0.25) is 0 Å². The van der Waals surface area contributed by atoms with Gasteiger partial charge in [-0.05, 0) is 27.7 Å². The number of fused-ring (bicyclic) bond motifs is 16. The van der Waals surface area contributed by atoms with Gasteiger partial charge in [0.1, 0.15) is 0 Å². The van der Waals surface area contributed by atoms with E-state index in [-0.39, 0.29) is 26.4 Å². The number of hydrogen-bond acceptors (Lipinski definition) is 32. The van der Waals surface area contributed by atoms with Crippen LogP contribution in [0.3, 0.4) is 0 Å². The van der Waals surface area contributed by atoms with Gasteiger partial charge in [-0.2, -0.15) is 0 Å². The lowest BCUT2D eigenvalue weighted by Gasteiger charge is -2.57. The van der Waals surface area contributed by atoms with Crippen LogP contribution in [0.15, 0.2) is 0 Å². The molecule has 457 valence electrons. The van der Waals surface area contributed by atoms with E-state index in [4.69, 9.17) is 133 Å². The summed E-state index contributed by atoms with van der Waals surface area (Å²) in [7, 11) is -81.4. The second kappa shape index (κ2) is 21.3. The Labute approximate surface area is 484 Å². The molecule has 0 N–H and O–H groups in total. The largest absolute Gasteiger partial charge is 0.553 e. The molecule has 9 heterocycles. The third-order valence-electron chi connectivity index (χ3n) is 11.7. The van der Waals surface area contributed by atoms with Crippen LogP contribution in [0.5, 0.6) is 0 Å². The molecule has 1 radical (unpaired) electrons. The zero-order chi connectivity index (χ0) is 58.5. The average molecular weight is 1480 g/mol. The minimum absolute atomic E-state index is 0.238. The lowest BCUT2D eigenvalue weighted by molar-refractivity contribution is 0.00172. The first-order chi connectivity index (χ1) is 35.7. The second-order valence-electron chi connectivity index (χ2n) is 21.2. The van der Waals surface area contributed by atoms with Crippen molar-refractivity contribution in [3.05, 3.63) is 0 Å². The molecule has 9 rings (SSSR count). The third kappa shape index (κ3) is 15.0. The van der Waals surface area contributed by atoms with Crippen LogP contribution in [0.4, 0.5) is 0 Å². The Hall–Kier alpha value is 3.06. The summed E-state index contributed by atoms with van der Waals surface area (Å²) in [6, 6.07) is 0. The van der Waals surface area contributed by atoms with E-state index in [1.165, 1.54) is 0 Å². The van der Waals surface area contributed by atoms with Crippen LogP contribution in [0.25, 0.3) is 0 Å². The molecule has 0 saturated carbocycles. The normalized spacial score (nSPS) is 57.5. The van der Waals surface area contributed by atoms with Gasteiger partial charge in [0.05, 0.1) is 0 Å². The van der Waals surface area contributed by atoms with Gasteiger partial charge in [-0.15, -0.1) is 0 Å². The van der Waals surface area contributed by atoms with Crippen LogP contribution in [-0.2, 0) is 133 Å². The molecule has 0 aromatic rings. The van der Waals surface area contributed by atoms with E-state index in [0.717, 1.165) is 0 Å². The van der Waals surface area contributed by atoms with E-state index in [2.05, 4.69) is 0 Å². The van der Waals surface area contributed by atoms with E-state index in [1.54, 1.807) is 124 Å². The van der Waals surface area contributed by atoms with Gasteiger partial charge in [-0.25, -0.2) is 0 Å². The highest BCUT2D eigenvalue weighted by molar-refractivity contribution is 7.02. The Bertz CT molecular complexity index is 2310. The first kappa shape index (κ1) is 66.5. The number of hydrogen-bond donors (Lipinski definition) is 0. The Balaban J connectivity index is 1.10. The molecule has 0 aromatic heterocycles. The standard InChI is InChI=1S/C27H77O32Si20/c1-24-28-61(5)35-62(6,29-25-2)38-69(13)47-68(12,37-61)49-74(18)45-66(10)33-60-32-65(9,41-72(16,43-66)53-76(20,50-69)55-74)42-73(17)44-67(11,34-60)46-75(19)56-77(21)51-70(14)39-63(7,30-26-3)36-64(8,31-27-4)40-71(15,48-70)52-78(22,58-77)59-79(23,54-73)57-75/h24-27H2,1-23H3. The van der Waals surface area contributed by atoms with Gasteiger partial charge < -0.3 is 133 Å². The first-order valence-electron chi connectivity index (χ1n) is 25.7. The highest BCUT2D eigenvalue weighted by Gasteiger charge is 2.79. The molecule has 52 heteroatoms. The summed E-state index contributed by atoms with van der Waals surface area (Å²) in [6.07, 6.45) is 0. The van der Waals surface area contributed by atoms with E-state index < -0.39 is 177 Å². The Morgan fingerprint density at radius 3 is 0.456 bits per heavy atom. The van der Waals surface area contributed by atoms with Gasteiger partial charge >= 0.3 is 177 Å². The summed E-state index contributed by atoms with van der Waals surface area (Å²) in [5.41, 5.74) is 0. The first-order valence-corrected chi connectivity index (χ1v) is 69.2. The van der Waals surface area contributed by atoms with E-state index in [9.17, 15) is 0 Å². The SMILES string of the molecule is CCO[Si]1(C)O[Si](C)(OCC)O[Si]2(C)O[Si](C)(O1)O[Si]1(C)O[Si]3(C)O[Si]4O[Si](C)(O[Si](C)(O3)O[Si](C)(O2)O1)O[Si]1(C)O[Si](C)(O4)O[Si]2(C)O[Si](C)(O1)O[Si]1(C)O[Si]3(C)O[Si](C)(OCC)O[Si](C)(OCC)O[Si](C)(O3)O[Si](C)(O2)O1. The fraction of sp³-hybridized carbons (Fsp3) is 1.00. The maximum absolute atomic E-state index is 7.11. The van der Waals surface area contributed by atoms with Gasteiger partial charge in [0.25, 0.3) is 0 Å². The summed E-state index contributed by atoms with van der Waals surface area (Å²) >= 11 is 0. The van der Waals surface area contributed by atoms with Crippen molar-refractivity contribution in [3.63, 3.8) is 0 Å². The maximum atomic E-state index is 7.11. The molecule has 19 unspecified atom stereocenters. The topological polar surface area (TPSA) is 295 Å². The molecule has 16 bridgehead atoms. The molecule has 9 aliphatic rings. The van der Waals surface area contributed by atoms with Crippen molar-refractivity contribution in [2.75, 3.05) is 26.4 Å².